The lowest BCUT2D eigenvalue weighted by Crippen LogP contribution is -2.15. The van der Waals surface area contributed by atoms with Gasteiger partial charge in [-0.25, -0.2) is 0 Å². The fourth-order valence-corrected chi connectivity index (χ4v) is 5.40. The number of fused-ring (bicyclic) bond motifs is 7. The predicted octanol–water partition coefficient (Wildman–Crippen LogP) is 8.27. The van der Waals surface area contributed by atoms with Crippen molar-refractivity contribution in [1.82, 2.24) is 0 Å². The van der Waals surface area contributed by atoms with Crippen molar-refractivity contribution >= 4 is 21.5 Å². The molecule has 5 aromatic carbocycles. The highest BCUT2D eigenvalue weighted by Gasteiger charge is 2.36. The van der Waals surface area contributed by atoms with E-state index in [9.17, 15) is 0 Å². The first-order chi connectivity index (χ1) is 14.5. The molecule has 0 N–H and O–H groups in total. The van der Waals surface area contributed by atoms with Crippen LogP contribution in [0.2, 0.25) is 0 Å². The van der Waals surface area contributed by atoms with Crippen molar-refractivity contribution in [2.24, 2.45) is 0 Å². The van der Waals surface area contributed by atoms with E-state index in [0.29, 0.717) is 0 Å². The van der Waals surface area contributed by atoms with Gasteiger partial charge in [-0.3, -0.25) is 0 Å². The summed E-state index contributed by atoms with van der Waals surface area (Å²) in [7, 11) is 0. The second-order valence-corrected chi connectivity index (χ2v) is 9.12. The number of aryl methyl sites for hydroxylation is 1. The summed E-state index contributed by atoms with van der Waals surface area (Å²) in [5.74, 6) is 0. The van der Waals surface area contributed by atoms with Gasteiger partial charge in [-0.15, -0.1) is 0 Å². The van der Waals surface area contributed by atoms with Gasteiger partial charge in [0.1, 0.15) is 0 Å². The van der Waals surface area contributed by atoms with E-state index in [4.69, 9.17) is 0 Å². The number of hydrogen-bond donors (Lipinski definition) is 0. The van der Waals surface area contributed by atoms with E-state index in [1.165, 1.54) is 60.5 Å². The Hall–Kier alpha value is -3.38. The zero-order chi connectivity index (χ0) is 20.5. The van der Waals surface area contributed by atoms with Crippen LogP contribution in [0.3, 0.4) is 0 Å². The Kier molecular flexibility index (Phi) is 3.53. The molecular formula is C30H24. The molecule has 144 valence electrons. The van der Waals surface area contributed by atoms with Crippen LogP contribution in [0.25, 0.3) is 43.8 Å². The molecule has 5 aromatic rings. The third kappa shape index (κ3) is 2.34. The van der Waals surface area contributed by atoms with Gasteiger partial charge >= 0.3 is 0 Å². The fourth-order valence-electron chi connectivity index (χ4n) is 5.40. The van der Waals surface area contributed by atoms with Crippen LogP contribution in [0, 0.1) is 6.92 Å². The standard InChI is InChI=1S/C30H24/c1-19-9-12-25-27-16-15-24-23-13-10-21(20-7-5-4-6-8-20)18-22(23)11-14-26(24)29(27)30(2,3)28(25)17-19/h4-18H,1-3H3. The molecule has 1 aliphatic rings. The Morgan fingerprint density at radius 1 is 0.567 bits per heavy atom. The number of hydrogen-bond acceptors (Lipinski definition) is 0. The SMILES string of the molecule is Cc1ccc2c(c1)C(C)(C)c1c-2ccc2c1ccc1cc(-c3ccccc3)ccc12. The first-order valence-electron chi connectivity index (χ1n) is 10.7. The van der Waals surface area contributed by atoms with Gasteiger partial charge in [-0.05, 0) is 67.9 Å². The van der Waals surface area contributed by atoms with E-state index < -0.39 is 0 Å². The van der Waals surface area contributed by atoms with Gasteiger partial charge in [0.15, 0.2) is 0 Å². The van der Waals surface area contributed by atoms with Crippen LogP contribution >= 0.6 is 0 Å². The molecule has 0 nitrogen and oxygen atoms in total. The second-order valence-electron chi connectivity index (χ2n) is 9.12. The quantitative estimate of drug-likeness (QED) is 0.255. The first kappa shape index (κ1) is 17.5. The Morgan fingerprint density at radius 2 is 1.30 bits per heavy atom. The average Bonchev–Trinajstić information content (AvgIpc) is 3.00. The maximum atomic E-state index is 2.37. The zero-order valence-electron chi connectivity index (χ0n) is 17.7. The highest BCUT2D eigenvalue weighted by atomic mass is 14.4. The van der Waals surface area contributed by atoms with Crippen LogP contribution in [0.15, 0.2) is 91.0 Å². The van der Waals surface area contributed by atoms with Crippen LogP contribution in [-0.2, 0) is 5.41 Å². The van der Waals surface area contributed by atoms with Crippen LogP contribution in [-0.4, -0.2) is 0 Å². The lowest BCUT2D eigenvalue weighted by molar-refractivity contribution is 0.665. The smallest absolute Gasteiger partial charge is 0.0165 e. The molecule has 0 aliphatic heterocycles. The Labute approximate surface area is 177 Å². The molecule has 6 rings (SSSR count). The lowest BCUT2D eigenvalue weighted by atomic mass is 9.79. The van der Waals surface area contributed by atoms with E-state index in [0.717, 1.165) is 0 Å². The first-order valence-corrected chi connectivity index (χ1v) is 10.7. The fraction of sp³-hybridized carbons (Fsp3) is 0.133. The van der Waals surface area contributed by atoms with Crippen LogP contribution in [0.5, 0.6) is 0 Å². The molecular weight excluding hydrogens is 360 g/mol. The minimum Gasteiger partial charge on any atom is -0.0622 e. The monoisotopic (exact) mass is 384 g/mol. The van der Waals surface area contributed by atoms with Gasteiger partial charge in [0.2, 0.25) is 0 Å². The molecule has 1 aliphatic carbocycles. The summed E-state index contributed by atoms with van der Waals surface area (Å²) in [6.07, 6.45) is 0. The third-order valence-corrected chi connectivity index (χ3v) is 6.89. The summed E-state index contributed by atoms with van der Waals surface area (Å²) in [6.45, 7) is 6.94. The minimum atomic E-state index is 0.00779. The van der Waals surface area contributed by atoms with Crippen molar-refractivity contribution in [2.45, 2.75) is 26.2 Å². The molecule has 0 fully saturated rings. The van der Waals surface area contributed by atoms with Gasteiger partial charge < -0.3 is 0 Å². The van der Waals surface area contributed by atoms with Gasteiger partial charge in [0.05, 0.1) is 0 Å². The van der Waals surface area contributed by atoms with Gasteiger partial charge in [-0.1, -0.05) is 104 Å². The average molecular weight is 385 g/mol. The van der Waals surface area contributed by atoms with E-state index in [-0.39, 0.29) is 5.41 Å². The second kappa shape index (κ2) is 6.06. The van der Waals surface area contributed by atoms with E-state index >= 15 is 0 Å². The normalized spacial score (nSPS) is 14.1. The highest BCUT2D eigenvalue weighted by molar-refractivity contribution is 6.12. The molecule has 0 amide bonds. The van der Waals surface area contributed by atoms with Crippen molar-refractivity contribution in [3.8, 4) is 22.3 Å². The maximum Gasteiger partial charge on any atom is 0.0165 e. The van der Waals surface area contributed by atoms with Gasteiger partial charge in [0, 0.05) is 5.41 Å². The third-order valence-electron chi connectivity index (χ3n) is 6.89. The summed E-state index contributed by atoms with van der Waals surface area (Å²) < 4.78 is 0. The highest BCUT2D eigenvalue weighted by Crippen LogP contribution is 2.52. The molecule has 0 spiro atoms. The molecule has 0 unspecified atom stereocenters. The number of benzene rings is 5. The largest absolute Gasteiger partial charge is 0.0622 e. The summed E-state index contributed by atoms with van der Waals surface area (Å²) in [5.41, 5.74) is 9.57. The lowest BCUT2D eigenvalue weighted by Gasteiger charge is -2.24. The van der Waals surface area contributed by atoms with Crippen molar-refractivity contribution in [2.75, 3.05) is 0 Å². The molecule has 0 heteroatoms. The molecule has 30 heavy (non-hydrogen) atoms. The molecule has 0 saturated heterocycles. The zero-order valence-corrected chi connectivity index (χ0v) is 17.7. The van der Waals surface area contributed by atoms with E-state index in [1.54, 1.807) is 0 Å². The Bertz CT molecular complexity index is 1450. The minimum absolute atomic E-state index is 0.00779. The Morgan fingerprint density at radius 3 is 2.13 bits per heavy atom. The summed E-state index contributed by atoms with van der Waals surface area (Å²) in [6, 6.07) is 33.7. The van der Waals surface area contributed by atoms with Crippen LogP contribution in [0.1, 0.15) is 30.5 Å². The van der Waals surface area contributed by atoms with E-state index in [2.05, 4.69) is 112 Å². The molecule has 0 radical (unpaired) electrons. The molecule has 0 aromatic heterocycles. The Balaban J connectivity index is 1.61. The topological polar surface area (TPSA) is 0 Å². The van der Waals surface area contributed by atoms with Gasteiger partial charge in [0.25, 0.3) is 0 Å². The summed E-state index contributed by atoms with van der Waals surface area (Å²) >= 11 is 0. The maximum absolute atomic E-state index is 2.37. The summed E-state index contributed by atoms with van der Waals surface area (Å²) in [5, 5.41) is 5.36. The molecule has 0 bridgehead atoms. The van der Waals surface area contributed by atoms with Crippen molar-refractivity contribution in [3.63, 3.8) is 0 Å². The van der Waals surface area contributed by atoms with E-state index in [1.807, 2.05) is 0 Å². The van der Waals surface area contributed by atoms with Crippen LogP contribution < -0.4 is 0 Å². The van der Waals surface area contributed by atoms with Crippen LogP contribution in [0.4, 0.5) is 0 Å². The van der Waals surface area contributed by atoms with Crippen molar-refractivity contribution < 1.29 is 0 Å². The molecule has 0 heterocycles. The number of rotatable bonds is 1. The van der Waals surface area contributed by atoms with Gasteiger partial charge in [-0.2, -0.15) is 0 Å². The molecule has 0 saturated carbocycles. The van der Waals surface area contributed by atoms with Crippen molar-refractivity contribution in [3.05, 3.63) is 108 Å². The van der Waals surface area contributed by atoms with Crippen molar-refractivity contribution in [1.29, 1.82) is 0 Å². The molecule has 0 atom stereocenters. The predicted molar refractivity (Wildman–Crippen MR) is 129 cm³/mol. The summed E-state index contributed by atoms with van der Waals surface area (Å²) in [4.78, 5) is 0.